The van der Waals surface area contributed by atoms with E-state index in [4.69, 9.17) is 11.5 Å². The van der Waals surface area contributed by atoms with Crippen LogP contribution < -0.4 is 11.5 Å². The third-order valence-electron chi connectivity index (χ3n) is 1.90. The number of hydrogen-bond donors (Lipinski definition) is 2. The number of rotatable bonds is 2. The van der Waals surface area contributed by atoms with Crippen LogP contribution in [0.2, 0.25) is 0 Å². The van der Waals surface area contributed by atoms with Crippen molar-refractivity contribution >= 4 is 22.9 Å². The predicted molar refractivity (Wildman–Crippen MR) is 57.6 cm³/mol. The molecule has 1 aromatic carbocycles. The zero-order chi connectivity index (χ0) is 11.7. The van der Waals surface area contributed by atoms with Crippen molar-refractivity contribution in [2.75, 3.05) is 0 Å². The zero-order valence-corrected chi connectivity index (χ0v) is 8.07. The summed E-state index contributed by atoms with van der Waals surface area (Å²) in [5.41, 5.74) is 11.3. The number of aromatic nitrogens is 2. The minimum absolute atomic E-state index is 0.272. The monoisotopic (exact) mass is 220 g/mol. The minimum atomic E-state index is -0.646. The summed E-state index contributed by atoms with van der Waals surface area (Å²) in [7, 11) is 0. The summed E-state index contributed by atoms with van der Waals surface area (Å²) in [5.74, 6) is -0.694. The van der Waals surface area contributed by atoms with E-state index in [0.717, 1.165) is 4.68 Å². The van der Waals surface area contributed by atoms with Crippen molar-refractivity contribution < 1.29 is 4.92 Å². The van der Waals surface area contributed by atoms with E-state index >= 15 is 0 Å². The molecule has 0 spiro atoms. The van der Waals surface area contributed by atoms with Crippen LogP contribution in [-0.2, 0) is 0 Å². The van der Waals surface area contributed by atoms with Gasteiger partial charge in [-0.1, -0.05) is 26.9 Å². The highest BCUT2D eigenvalue weighted by Gasteiger charge is 2.21. The van der Waals surface area contributed by atoms with E-state index < -0.39 is 10.9 Å². The normalized spacial score (nSPS) is 10.2. The fraction of sp³-hybridized carbons (Fsp3) is 0. The van der Waals surface area contributed by atoms with Crippen LogP contribution in [0.4, 0.5) is 5.95 Å². The van der Waals surface area contributed by atoms with Crippen LogP contribution in [-0.4, -0.2) is 20.5 Å². The Morgan fingerprint density at radius 1 is 1.44 bits per heavy atom. The molecule has 16 heavy (non-hydrogen) atoms. The van der Waals surface area contributed by atoms with Crippen LogP contribution in [0.1, 0.15) is 0 Å². The third kappa shape index (κ3) is 1.52. The van der Waals surface area contributed by atoms with Gasteiger partial charge in [0.1, 0.15) is 0 Å². The van der Waals surface area contributed by atoms with Crippen molar-refractivity contribution in [1.82, 2.24) is 9.66 Å². The number of guanidine groups is 1. The van der Waals surface area contributed by atoms with Crippen LogP contribution in [0, 0.1) is 10.1 Å². The zero-order valence-electron chi connectivity index (χ0n) is 8.07. The van der Waals surface area contributed by atoms with Gasteiger partial charge in [0.05, 0.1) is 0 Å². The molecule has 0 bridgehead atoms. The lowest BCUT2D eigenvalue weighted by Crippen LogP contribution is -2.24. The Labute approximate surface area is 89.3 Å². The molecule has 0 aliphatic carbocycles. The molecule has 8 heteroatoms. The maximum atomic E-state index is 10.7. The van der Waals surface area contributed by atoms with E-state index in [9.17, 15) is 10.1 Å². The Hall–Kier alpha value is -2.64. The molecule has 0 saturated carbocycles. The number of hydrogen-bond acceptors (Lipinski definition) is 4. The van der Waals surface area contributed by atoms with E-state index in [1.165, 1.54) is 0 Å². The van der Waals surface area contributed by atoms with Gasteiger partial charge < -0.3 is 21.6 Å². The van der Waals surface area contributed by atoms with Crippen molar-refractivity contribution in [3.8, 4) is 0 Å². The maximum absolute atomic E-state index is 10.7. The first-order chi connectivity index (χ1) is 7.59. The molecule has 0 unspecified atom stereocenters. The molecule has 0 aliphatic rings. The number of nitro groups is 1. The Morgan fingerprint density at radius 2 is 2.12 bits per heavy atom. The molecule has 1 aromatic heterocycles. The number of nitrogens with zero attached hydrogens (tertiary/aromatic N) is 4. The molecule has 1 heterocycles. The molecular weight excluding hydrogens is 212 g/mol. The fourth-order valence-electron chi connectivity index (χ4n) is 1.33. The minimum Gasteiger partial charge on any atom is -0.390 e. The van der Waals surface area contributed by atoms with Crippen LogP contribution in [0.25, 0.3) is 11.0 Å². The van der Waals surface area contributed by atoms with Crippen molar-refractivity contribution in [2.24, 2.45) is 16.6 Å². The van der Waals surface area contributed by atoms with Crippen molar-refractivity contribution in [2.45, 2.75) is 0 Å². The van der Waals surface area contributed by atoms with Crippen molar-refractivity contribution in [3.05, 3.63) is 34.4 Å². The van der Waals surface area contributed by atoms with Gasteiger partial charge in [-0.25, -0.2) is 0 Å². The van der Waals surface area contributed by atoms with Gasteiger partial charge in [-0.05, 0) is 17.1 Å². The Bertz CT molecular complexity index is 583. The highest BCUT2D eigenvalue weighted by atomic mass is 16.6. The number of fused-ring (bicyclic) bond motifs is 1. The van der Waals surface area contributed by atoms with Crippen LogP contribution in [0.15, 0.2) is 29.4 Å². The molecule has 0 amide bonds. The first-order valence-electron chi connectivity index (χ1n) is 4.31. The second kappa shape index (κ2) is 3.50. The lowest BCUT2D eigenvalue weighted by Gasteiger charge is -1.95. The molecule has 0 atom stereocenters. The Morgan fingerprint density at radius 3 is 2.75 bits per heavy atom. The van der Waals surface area contributed by atoms with E-state index in [1.54, 1.807) is 24.3 Å². The topological polar surface area (TPSA) is 125 Å². The van der Waals surface area contributed by atoms with Gasteiger partial charge in [-0.3, -0.25) is 0 Å². The third-order valence-corrected chi connectivity index (χ3v) is 1.90. The van der Waals surface area contributed by atoms with Gasteiger partial charge in [-0.2, -0.15) is 0 Å². The maximum Gasteiger partial charge on any atom is 0.460 e. The molecule has 0 fully saturated rings. The average molecular weight is 220 g/mol. The summed E-state index contributed by atoms with van der Waals surface area (Å²) in [5, 5.41) is 14.4. The molecule has 8 nitrogen and oxygen atoms in total. The molecule has 2 rings (SSSR count). The largest absolute Gasteiger partial charge is 0.460 e. The van der Waals surface area contributed by atoms with Crippen LogP contribution in [0.3, 0.4) is 0 Å². The SMILES string of the molecule is NC(N)=Nn1c([N+](=O)[O-])nc2ccccc21. The second-order valence-electron chi connectivity index (χ2n) is 2.99. The predicted octanol–water partition coefficient (Wildman–Crippen LogP) is -0.0190. The molecule has 82 valence electrons. The smallest absolute Gasteiger partial charge is 0.390 e. The lowest BCUT2D eigenvalue weighted by molar-refractivity contribution is -0.396. The van der Waals surface area contributed by atoms with Gasteiger partial charge in [0.2, 0.25) is 5.96 Å². The number of nitrogens with two attached hydrogens (primary N) is 2. The van der Waals surface area contributed by atoms with Gasteiger partial charge in [0.15, 0.2) is 11.0 Å². The number of imidazole rings is 1. The summed E-state index contributed by atoms with van der Waals surface area (Å²) in [6.07, 6.45) is 0. The van der Waals surface area contributed by atoms with Crippen LogP contribution >= 0.6 is 0 Å². The van der Waals surface area contributed by atoms with Crippen molar-refractivity contribution in [1.29, 1.82) is 0 Å². The van der Waals surface area contributed by atoms with Gasteiger partial charge in [-0.15, -0.1) is 0 Å². The fourth-order valence-corrected chi connectivity index (χ4v) is 1.33. The summed E-state index contributed by atoms with van der Waals surface area (Å²) >= 11 is 0. The lowest BCUT2D eigenvalue weighted by atomic mass is 10.3. The molecular formula is C8H8N6O2. The highest BCUT2D eigenvalue weighted by molar-refractivity contribution is 5.80. The van der Waals surface area contributed by atoms with E-state index in [0.29, 0.717) is 11.0 Å². The first-order valence-corrected chi connectivity index (χ1v) is 4.31. The van der Waals surface area contributed by atoms with E-state index in [1.807, 2.05) is 0 Å². The Kier molecular flexibility index (Phi) is 2.16. The number of benzene rings is 1. The highest BCUT2D eigenvalue weighted by Crippen LogP contribution is 2.20. The van der Waals surface area contributed by atoms with Crippen molar-refractivity contribution in [3.63, 3.8) is 0 Å². The summed E-state index contributed by atoms with van der Waals surface area (Å²) in [6, 6.07) is 6.72. The van der Waals surface area contributed by atoms with Gasteiger partial charge in [0, 0.05) is 0 Å². The summed E-state index contributed by atoms with van der Waals surface area (Å²) in [6.45, 7) is 0. The Balaban J connectivity index is 2.79. The first kappa shape index (κ1) is 9.90. The molecule has 0 aliphatic heterocycles. The van der Waals surface area contributed by atoms with E-state index in [-0.39, 0.29) is 5.96 Å². The second-order valence-corrected chi connectivity index (χ2v) is 2.99. The molecule has 2 aromatic rings. The molecule has 0 radical (unpaired) electrons. The summed E-state index contributed by atoms with van der Waals surface area (Å²) in [4.78, 5) is 13.9. The average Bonchev–Trinajstić information content (AvgIpc) is 2.57. The molecule has 4 N–H and O–H groups in total. The number of para-hydroxylation sites is 2. The van der Waals surface area contributed by atoms with E-state index in [2.05, 4.69) is 10.1 Å². The molecule has 0 saturated heterocycles. The summed E-state index contributed by atoms with van der Waals surface area (Å²) < 4.78 is 1.00. The standard InChI is InChI=1S/C8H8N6O2/c9-7(10)12-13-6-4-2-1-3-5(6)11-8(13)14(15)16/h1-4H,(H4,9,10,12). The van der Waals surface area contributed by atoms with Crippen LogP contribution in [0.5, 0.6) is 0 Å². The van der Waals surface area contributed by atoms with Gasteiger partial charge in [0.25, 0.3) is 0 Å². The van der Waals surface area contributed by atoms with Gasteiger partial charge >= 0.3 is 5.95 Å². The quantitative estimate of drug-likeness (QED) is 0.318.